The van der Waals surface area contributed by atoms with Gasteiger partial charge in [0.1, 0.15) is 0 Å². The summed E-state index contributed by atoms with van der Waals surface area (Å²) in [5.74, 6) is 0.00264. The molecule has 0 saturated carbocycles. The number of ether oxygens (including phenoxy) is 1. The third-order valence-corrected chi connectivity index (χ3v) is 19.9. The zero-order chi connectivity index (χ0) is 63.5. The van der Waals surface area contributed by atoms with Crippen molar-refractivity contribution in [3.8, 4) is 0 Å². The summed E-state index contributed by atoms with van der Waals surface area (Å²) >= 11 is 0. The molecule has 0 spiro atoms. The first-order chi connectivity index (χ1) is 43.5. The Bertz CT molecular complexity index is 1290. The van der Waals surface area contributed by atoms with Gasteiger partial charge in [0.05, 0.1) is 25.4 Å². The molecule has 0 saturated heterocycles. The van der Waals surface area contributed by atoms with Crippen LogP contribution in [0.5, 0.6) is 0 Å². The van der Waals surface area contributed by atoms with E-state index in [0.717, 1.165) is 38.5 Å². The molecule has 0 radical (unpaired) electrons. The zero-order valence-electron chi connectivity index (χ0n) is 60.5. The molecular weight excluding hydrogens is 1080 g/mol. The summed E-state index contributed by atoms with van der Waals surface area (Å²) in [6.07, 6.45) is 97.9. The lowest BCUT2D eigenvalue weighted by molar-refractivity contribution is -0.143. The van der Waals surface area contributed by atoms with Gasteiger partial charge in [0.2, 0.25) is 5.91 Å². The van der Waals surface area contributed by atoms with Gasteiger partial charge in [-0.3, -0.25) is 9.59 Å². The van der Waals surface area contributed by atoms with Gasteiger partial charge >= 0.3 is 5.97 Å². The Morgan fingerprint density at radius 3 is 0.693 bits per heavy atom. The standard InChI is InChI=1S/C82H163NO5/c1-3-5-7-9-11-13-15-17-18-19-20-21-35-38-41-44-47-51-54-58-62-66-70-74-80(85)79(78-84)83-81(86)75-71-67-63-59-55-52-48-45-42-39-36-33-31-29-27-25-23-22-24-26-28-30-32-34-37-40-43-46-49-53-57-61-65-69-73-77-88-82(87)76-72-68-64-60-56-50-16-14-12-10-8-6-4-2/h79-80,84-85H,3-78H2,1-2H3,(H,83,86). The summed E-state index contributed by atoms with van der Waals surface area (Å²) in [6, 6.07) is -0.538. The van der Waals surface area contributed by atoms with Crippen molar-refractivity contribution in [2.24, 2.45) is 0 Å². The maximum absolute atomic E-state index is 12.6. The van der Waals surface area contributed by atoms with Crippen LogP contribution in [-0.2, 0) is 14.3 Å². The Kier molecular flexibility index (Phi) is 77.3. The van der Waals surface area contributed by atoms with Crippen LogP contribution in [0.3, 0.4) is 0 Å². The second kappa shape index (κ2) is 78.3. The lowest BCUT2D eigenvalue weighted by atomic mass is 10.0. The highest BCUT2D eigenvalue weighted by Gasteiger charge is 2.20. The highest BCUT2D eigenvalue weighted by molar-refractivity contribution is 5.76. The molecule has 3 N–H and O–H groups in total. The van der Waals surface area contributed by atoms with Crippen LogP contribution < -0.4 is 5.32 Å². The highest BCUT2D eigenvalue weighted by atomic mass is 16.5. The molecule has 2 unspecified atom stereocenters. The Labute approximate surface area is 553 Å². The van der Waals surface area contributed by atoms with Crippen molar-refractivity contribution in [1.29, 1.82) is 0 Å². The molecule has 526 valence electrons. The SMILES string of the molecule is CCCCCCCCCCCCCCCCCCCCCCCCCC(O)C(CO)NC(=O)CCCCCCCCCCCCCCCCCCCCCCCCCCCCCCCCCCCCCOC(=O)CCCCCCCCCCCCCCC. The molecule has 0 aliphatic rings. The summed E-state index contributed by atoms with van der Waals surface area (Å²) in [6.45, 7) is 5.02. The van der Waals surface area contributed by atoms with Gasteiger partial charge in [-0.1, -0.05) is 450 Å². The number of hydrogen-bond acceptors (Lipinski definition) is 5. The first-order valence-electron chi connectivity index (χ1n) is 41.3. The largest absolute Gasteiger partial charge is 0.466 e. The number of amides is 1. The van der Waals surface area contributed by atoms with E-state index in [9.17, 15) is 19.8 Å². The van der Waals surface area contributed by atoms with Gasteiger partial charge in [-0.05, 0) is 25.7 Å². The van der Waals surface area contributed by atoms with E-state index in [1.54, 1.807) is 0 Å². The van der Waals surface area contributed by atoms with Crippen LogP contribution in [0, 0.1) is 0 Å². The van der Waals surface area contributed by atoms with E-state index in [-0.39, 0.29) is 18.5 Å². The Hall–Kier alpha value is -1.14. The summed E-state index contributed by atoms with van der Waals surface area (Å²) < 4.78 is 5.50. The molecule has 0 fully saturated rings. The molecule has 6 heteroatoms. The molecule has 0 aromatic carbocycles. The van der Waals surface area contributed by atoms with Gasteiger partial charge in [0, 0.05) is 12.8 Å². The van der Waals surface area contributed by atoms with Crippen molar-refractivity contribution in [1.82, 2.24) is 5.32 Å². The second-order valence-electron chi connectivity index (χ2n) is 28.8. The van der Waals surface area contributed by atoms with Crippen LogP contribution >= 0.6 is 0 Å². The van der Waals surface area contributed by atoms with Crippen molar-refractivity contribution in [3.05, 3.63) is 0 Å². The second-order valence-corrected chi connectivity index (χ2v) is 28.8. The van der Waals surface area contributed by atoms with Crippen molar-refractivity contribution in [2.45, 2.75) is 501 Å². The molecule has 2 atom stereocenters. The van der Waals surface area contributed by atoms with Crippen LogP contribution in [0.15, 0.2) is 0 Å². The van der Waals surface area contributed by atoms with E-state index in [0.29, 0.717) is 25.9 Å². The number of unbranched alkanes of at least 4 members (excludes halogenated alkanes) is 68. The minimum Gasteiger partial charge on any atom is -0.466 e. The summed E-state index contributed by atoms with van der Waals surface area (Å²) in [4.78, 5) is 24.6. The lowest BCUT2D eigenvalue weighted by Gasteiger charge is -2.22. The van der Waals surface area contributed by atoms with E-state index in [1.165, 1.54) is 417 Å². The van der Waals surface area contributed by atoms with Gasteiger partial charge in [0.15, 0.2) is 0 Å². The quantitative estimate of drug-likeness (QED) is 0.0417. The molecule has 1 amide bonds. The summed E-state index contributed by atoms with van der Waals surface area (Å²) in [7, 11) is 0. The fourth-order valence-electron chi connectivity index (χ4n) is 13.6. The van der Waals surface area contributed by atoms with E-state index < -0.39 is 12.1 Å². The fourth-order valence-corrected chi connectivity index (χ4v) is 13.6. The van der Waals surface area contributed by atoms with Crippen molar-refractivity contribution in [3.63, 3.8) is 0 Å². The van der Waals surface area contributed by atoms with Gasteiger partial charge in [-0.2, -0.15) is 0 Å². The molecule has 0 aliphatic carbocycles. The first kappa shape index (κ1) is 86.9. The van der Waals surface area contributed by atoms with Crippen LogP contribution in [0.1, 0.15) is 489 Å². The van der Waals surface area contributed by atoms with Crippen molar-refractivity contribution in [2.75, 3.05) is 13.2 Å². The molecule has 0 aliphatic heterocycles. The third kappa shape index (κ3) is 73.9. The normalized spacial score (nSPS) is 12.4. The van der Waals surface area contributed by atoms with E-state index in [4.69, 9.17) is 4.74 Å². The topological polar surface area (TPSA) is 95.9 Å². The third-order valence-electron chi connectivity index (χ3n) is 19.9. The zero-order valence-corrected chi connectivity index (χ0v) is 60.5. The molecule has 0 aromatic heterocycles. The summed E-state index contributed by atoms with van der Waals surface area (Å²) in [5.41, 5.74) is 0. The predicted molar refractivity (Wildman–Crippen MR) is 389 cm³/mol. The van der Waals surface area contributed by atoms with Gasteiger partial charge in [-0.25, -0.2) is 0 Å². The predicted octanol–water partition coefficient (Wildman–Crippen LogP) is 27.3. The Morgan fingerprint density at radius 1 is 0.273 bits per heavy atom. The number of carbonyl (C=O) groups is 2. The molecule has 6 nitrogen and oxygen atoms in total. The first-order valence-corrected chi connectivity index (χ1v) is 41.3. The minimum absolute atomic E-state index is 0.0230. The number of esters is 1. The average molecular weight is 1240 g/mol. The number of hydrogen-bond donors (Lipinski definition) is 3. The number of nitrogens with one attached hydrogen (secondary N) is 1. The lowest BCUT2D eigenvalue weighted by Crippen LogP contribution is -2.45. The smallest absolute Gasteiger partial charge is 0.305 e. The summed E-state index contributed by atoms with van der Waals surface area (Å²) in [5, 5.41) is 23.5. The number of aliphatic hydroxyl groups is 2. The van der Waals surface area contributed by atoms with E-state index in [1.807, 2.05) is 0 Å². The number of aliphatic hydroxyl groups excluding tert-OH is 2. The van der Waals surface area contributed by atoms with Crippen LogP contribution in [-0.4, -0.2) is 47.4 Å². The van der Waals surface area contributed by atoms with Gasteiger partial charge in [0.25, 0.3) is 0 Å². The Balaban J connectivity index is 3.31. The molecule has 0 bridgehead atoms. The number of rotatable bonds is 79. The van der Waals surface area contributed by atoms with Crippen LogP contribution in [0.2, 0.25) is 0 Å². The van der Waals surface area contributed by atoms with Gasteiger partial charge in [-0.15, -0.1) is 0 Å². The van der Waals surface area contributed by atoms with Crippen molar-refractivity contribution >= 4 is 11.9 Å². The highest BCUT2D eigenvalue weighted by Crippen LogP contribution is 2.21. The van der Waals surface area contributed by atoms with Crippen molar-refractivity contribution < 1.29 is 24.5 Å². The maximum Gasteiger partial charge on any atom is 0.305 e. The maximum atomic E-state index is 12.6. The number of carbonyl (C=O) groups excluding carboxylic acids is 2. The molecule has 88 heavy (non-hydrogen) atoms. The van der Waals surface area contributed by atoms with E-state index >= 15 is 0 Å². The molecule has 0 aromatic rings. The van der Waals surface area contributed by atoms with E-state index in [2.05, 4.69) is 19.2 Å². The monoisotopic (exact) mass is 1240 g/mol. The fraction of sp³-hybridized carbons (Fsp3) is 0.976. The molecule has 0 rings (SSSR count). The van der Waals surface area contributed by atoms with Gasteiger partial charge < -0.3 is 20.3 Å². The average Bonchev–Trinajstić information content (AvgIpc) is 3.53. The molecular formula is C82H163NO5. The minimum atomic E-state index is -0.661. The van der Waals surface area contributed by atoms with Crippen LogP contribution in [0.4, 0.5) is 0 Å². The molecule has 0 heterocycles. The van der Waals surface area contributed by atoms with Crippen LogP contribution in [0.25, 0.3) is 0 Å². The Morgan fingerprint density at radius 2 is 0.466 bits per heavy atom.